The van der Waals surface area contributed by atoms with Crippen molar-refractivity contribution in [3.05, 3.63) is 41.2 Å². The first-order valence-electron chi connectivity index (χ1n) is 9.17. The molecule has 2 aromatic heterocycles. The highest BCUT2D eigenvalue weighted by molar-refractivity contribution is 5.97. The van der Waals surface area contributed by atoms with E-state index in [1.54, 1.807) is 33.5 Å². The van der Waals surface area contributed by atoms with Crippen LogP contribution in [0.5, 0.6) is 11.5 Å². The highest BCUT2D eigenvalue weighted by atomic mass is 16.5. The van der Waals surface area contributed by atoms with Crippen LogP contribution >= 0.6 is 0 Å². The number of ether oxygens (including phenoxy) is 3. The van der Waals surface area contributed by atoms with Gasteiger partial charge in [0.2, 0.25) is 5.82 Å². The van der Waals surface area contributed by atoms with Gasteiger partial charge < -0.3 is 18.8 Å². The lowest BCUT2D eigenvalue weighted by Gasteiger charge is -2.08. The minimum atomic E-state index is -0.0713. The monoisotopic (exact) mass is 399 g/mol. The molecular formula is C20H25N5O4. The molecule has 0 atom stereocenters. The van der Waals surface area contributed by atoms with Gasteiger partial charge in [-0.15, -0.1) is 10.2 Å². The third-order valence-electron chi connectivity index (χ3n) is 4.77. The van der Waals surface area contributed by atoms with Crippen molar-refractivity contribution in [3.63, 3.8) is 0 Å². The van der Waals surface area contributed by atoms with Crippen molar-refractivity contribution in [2.75, 3.05) is 27.9 Å². The lowest BCUT2D eigenvalue weighted by atomic mass is 10.1. The summed E-state index contributed by atoms with van der Waals surface area (Å²) in [4.78, 5) is 14.1. The fraction of sp³-hybridized carbons (Fsp3) is 0.400. The van der Waals surface area contributed by atoms with Crippen LogP contribution < -0.4 is 9.47 Å². The number of hydrogen-bond acceptors (Lipinski definition) is 7. The van der Waals surface area contributed by atoms with Crippen LogP contribution in [0.25, 0.3) is 11.4 Å². The normalized spacial score (nSPS) is 10.9. The van der Waals surface area contributed by atoms with Crippen LogP contribution in [0, 0.1) is 13.8 Å². The van der Waals surface area contributed by atoms with E-state index in [4.69, 9.17) is 14.2 Å². The summed E-state index contributed by atoms with van der Waals surface area (Å²) in [6.45, 7) is 5.20. The van der Waals surface area contributed by atoms with Gasteiger partial charge in [0.1, 0.15) is 6.54 Å². The minimum absolute atomic E-state index is 0.00879. The molecule has 0 aliphatic rings. The average Bonchev–Trinajstić information content (AvgIpc) is 3.30. The molecule has 0 N–H and O–H groups in total. The van der Waals surface area contributed by atoms with Crippen molar-refractivity contribution in [1.29, 1.82) is 0 Å². The SMILES string of the molecule is COCCn1c(C)cc(C(=O)Cn2nnc(-c3ccc(OC)c(OC)c3)n2)c1C. The highest BCUT2D eigenvalue weighted by Gasteiger charge is 2.18. The van der Waals surface area contributed by atoms with Gasteiger partial charge in [-0.3, -0.25) is 4.79 Å². The number of carbonyl (C=O) groups is 1. The predicted molar refractivity (Wildman–Crippen MR) is 106 cm³/mol. The van der Waals surface area contributed by atoms with Crippen molar-refractivity contribution in [3.8, 4) is 22.9 Å². The van der Waals surface area contributed by atoms with Crippen LogP contribution in [0.15, 0.2) is 24.3 Å². The number of Topliss-reactive ketones (excluding diaryl/α,β-unsaturated/α-hetero) is 1. The van der Waals surface area contributed by atoms with E-state index < -0.39 is 0 Å². The summed E-state index contributed by atoms with van der Waals surface area (Å²) in [6.07, 6.45) is 0. The Labute approximate surface area is 169 Å². The minimum Gasteiger partial charge on any atom is -0.493 e. The quantitative estimate of drug-likeness (QED) is 0.510. The molecule has 3 rings (SSSR count). The number of benzene rings is 1. The van der Waals surface area contributed by atoms with E-state index in [2.05, 4.69) is 20.0 Å². The molecule has 1 aromatic carbocycles. The zero-order valence-electron chi connectivity index (χ0n) is 17.3. The van der Waals surface area contributed by atoms with Gasteiger partial charge in [0, 0.05) is 36.2 Å². The highest BCUT2D eigenvalue weighted by Crippen LogP contribution is 2.30. The number of methoxy groups -OCH3 is 3. The topological polar surface area (TPSA) is 93.3 Å². The number of carbonyl (C=O) groups excluding carboxylic acids is 1. The molecule has 9 heteroatoms. The third kappa shape index (κ3) is 4.29. The first-order valence-corrected chi connectivity index (χ1v) is 9.17. The molecule has 2 heterocycles. The van der Waals surface area contributed by atoms with Gasteiger partial charge in [-0.2, -0.15) is 4.80 Å². The van der Waals surface area contributed by atoms with E-state index in [1.165, 1.54) is 4.80 Å². The number of aromatic nitrogens is 5. The molecule has 0 fully saturated rings. The Balaban J connectivity index is 1.78. The maximum Gasteiger partial charge on any atom is 0.205 e. The van der Waals surface area contributed by atoms with Gasteiger partial charge in [-0.25, -0.2) is 0 Å². The number of rotatable bonds is 9. The number of tetrazole rings is 1. The molecule has 0 spiro atoms. The predicted octanol–water partition coefficient (Wildman–Crippen LogP) is 2.30. The fourth-order valence-corrected chi connectivity index (χ4v) is 3.22. The molecular weight excluding hydrogens is 374 g/mol. The zero-order chi connectivity index (χ0) is 21.0. The summed E-state index contributed by atoms with van der Waals surface area (Å²) >= 11 is 0. The lowest BCUT2D eigenvalue weighted by molar-refractivity contribution is 0.0960. The first-order chi connectivity index (χ1) is 14.0. The van der Waals surface area contributed by atoms with E-state index >= 15 is 0 Å². The van der Waals surface area contributed by atoms with E-state index in [0.29, 0.717) is 36.0 Å². The van der Waals surface area contributed by atoms with E-state index in [0.717, 1.165) is 17.0 Å². The molecule has 154 valence electrons. The van der Waals surface area contributed by atoms with Crippen molar-refractivity contribution < 1.29 is 19.0 Å². The van der Waals surface area contributed by atoms with Crippen LogP contribution in [-0.4, -0.2) is 58.5 Å². The van der Waals surface area contributed by atoms with Crippen molar-refractivity contribution >= 4 is 5.78 Å². The van der Waals surface area contributed by atoms with Crippen molar-refractivity contribution in [2.45, 2.75) is 26.9 Å². The molecule has 9 nitrogen and oxygen atoms in total. The summed E-state index contributed by atoms with van der Waals surface area (Å²) in [5.41, 5.74) is 3.30. The molecule has 0 unspecified atom stereocenters. The van der Waals surface area contributed by atoms with Gasteiger partial charge in [-0.1, -0.05) is 0 Å². The zero-order valence-corrected chi connectivity index (χ0v) is 17.3. The Morgan fingerprint density at radius 1 is 1.07 bits per heavy atom. The Morgan fingerprint density at radius 2 is 1.83 bits per heavy atom. The summed E-state index contributed by atoms with van der Waals surface area (Å²) in [5, 5.41) is 12.4. The molecule has 0 amide bonds. The number of nitrogens with zero attached hydrogens (tertiary/aromatic N) is 5. The Bertz CT molecular complexity index is 1010. The van der Waals surface area contributed by atoms with Crippen LogP contribution in [0.3, 0.4) is 0 Å². The van der Waals surface area contributed by atoms with E-state index in [9.17, 15) is 4.79 Å². The third-order valence-corrected chi connectivity index (χ3v) is 4.77. The Hall–Kier alpha value is -3.20. The Kier molecular flexibility index (Phi) is 6.28. The summed E-state index contributed by atoms with van der Waals surface area (Å²) in [6, 6.07) is 7.24. The molecule has 0 aliphatic carbocycles. The van der Waals surface area contributed by atoms with Gasteiger partial charge in [0.15, 0.2) is 17.3 Å². The maximum atomic E-state index is 12.8. The van der Waals surface area contributed by atoms with Crippen LogP contribution in [0.2, 0.25) is 0 Å². The Morgan fingerprint density at radius 3 is 2.52 bits per heavy atom. The summed E-state index contributed by atoms with van der Waals surface area (Å²) in [7, 11) is 4.80. The number of ketones is 1. The molecule has 0 saturated carbocycles. The molecule has 3 aromatic rings. The molecule has 0 radical (unpaired) electrons. The number of aryl methyl sites for hydroxylation is 1. The van der Waals surface area contributed by atoms with E-state index in [-0.39, 0.29) is 12.3 Å². The summed E-state index contributed by atoms with van der Waals surface area (Å²) < 4.78 is 17.8. The van der Waals surface area contributed by atoms with Crippen LogP contribution in [-0.2, 0) is 17.8 Å². The van der Waals surface area contributed by atoms with Gasteiger partial charge in [0.25, 0.3) is 0 Å². The number of hydrogen-bond donors (Lipinski definition) is 0. The van der Waals surface area contributed by atoms with Crippen molar-refractivity contribution in [2.24, 2.45) is 0 Å². The fourth-order valence-electron chi connectivity index (χ4n) is 3.22. The average molecular weight is 399 g/mol. The van der Waals surface area contributed by atoms with Crippen LogP contribution in [0.4, 0.5) is 0 Å². The first kappa shape index (κ1) is 20.5. The molecule has 29 heavy (non-hydrogen) atoms. The van der Waals surface area contributed by atoms with Gasteiger partial charge >= 0.3 is 0 Å². The maximum absolute atomic E-state index is 12.8. The largest absolute Gasteiger partial charge is 0.493 e. The van der Waals surface area contributed by atoms with E-state index in [1.807, 2.05) is 26.0 Å². The van der Waals surface area contributed by atoms with Gasteiger partial charge in [0.05, 0.1) is 20.8 Å². The second-order valence-electron chi connectivity index (χ2n) is 6.57. The van der Waals surface area contributed by atoms with Crippen molar-refractivity contribution in [1.82, 2.24) is 24.8 Å². The second kappa shape index (κ2) is 8.87. The smallest absolute Gasteiger partial charge is 0.205 e. The molecule has 0 saturated heterocycles. The summed E-state index contributed by atoms with van der Waals surface area (Å²) in [5.74, 6) is 1.52. The second-order valence-corrected chi connectivity index (χ2v) is 6.57. The van der Waals surface area contributed by atoms with Gasteiger partial charge in [-0.05, 0) is 43.3 Å². The molecule has 0 bridgehead atoms. The standard InChI is InChI=1S/C20H25N5O4/c1-13-10-16(14(2)24(13)8-9-27-3)17(26)12-25-22-20(21-23-25)15-6-7-18(28-4)19(11-15)29-5/h6-7,10-11H,8-9,12H2,1-5H3. The lowest BCUT2D eigenvalue weighted by Crippen LogP contribution is -2.14. The van der Waals surface area contributed by atoms with Crippen LogP contribution in [0.1, 0.15) is 21.7 Å². The molecule has 0 aliphatic heterocycles.